The molecule has 3 heteroatoms. The minimum absolute atomic E-state index is 0.0414. The van der Waals surface area contributed by atoms with Crippen molar-refractivity contribution in [3.05, 3.63) is 35.9 Å². The largest absolute Gasteiger partial charge is 0.349 e. The molecule has 2 unspecified atom stereocenters. The number of carbonyl (C=O) groups is 1. The molecule has 0 spiro atoms. The Balaban J connectivity index is 1.92. The fourth-order valence-corrected chi connectivity index (χ4v) is 2.12. The molecule has 2 N–H and O–H groups in total. The molecule has 0 radical (unpaired) electrons. The number of nitrogens with one attached hydrogen (secondary N) is 2. The zero-order valence-corrected chi connectivity index (χ0v) is 9.57. The van der Waals surface area contributed by atoms with E-state index in [0.717, 1.165) is 24.9 Å². The zero-order valence-electron chi connectivity index (χ0n) is 9.57. The van der Waals surface area contributed by atoms with Crippen molar-refractivity contribution < 1.29 is 4.79 Å². The highest BCUT2D eigenvalue weighted by molar-refractivity contribution is 5.94. The summed E-state index contributed by atoms with van der Waals surface area (Å²) in [5, 5.41) is 6.46. The summed E-state index contributed by atoms with van der Waals surface area (Å²) in [5.74, 6) is 0.0414. The number of piperidine rings is 1. The van der Waals surface area contributed by atoms with E-state index in [1.807, 2.05) is 30.3 Å². The van der Waals surface area contributed by atoms with E-state index in [2.05, 4.69) is 17.6 Å². The van der Waals surface area contributed by atoms with Gasteiger partial charge in [-0.1, -0.05) is 18.2 Å². The van der Waals surface area contributed by atoms with E-state index in [1.54, 1.807) is 0 Å². The lowest BCUT2D eigenvalue weighted by Gasteiger charge is -2.28. The maximum Gasteiger partial charge on any atom is 0.251 e. The molecule has 0 saturated carbocycles. The second kappa shape index (κ2) is 5.12. The van der Waals surface area contributed by atoms with Gasteiger partial charge < -0.3 is 10.6 Å². The van der Waals surface area contributed by atoms with Gasteiger partial charge in [0.25, 0.3) is 5.91 Å². The number of hydrogen-bond donors (Lipinski definition) is 2. The van der Waals surface area contributed by atoms with Gasteiger partial charge in [0.15, 0.2) is 0 Å². The third-order valence-corrected chi connectivity index (χ3v) is 2.99. The maximum absolute atomic E-state index is 11.9. The Kier molecular flexibility index (Phi) is 3.57. The SMILES string of the molecule is CC1CC(NC(=O)c2ccccc2)CCN1. The van der Waals surface area contributed by atoms with Crippen LogP contribution in [0, 0.1) is 0 Å². The molecule has 1 saturated heterocycles. The summed E-state index contributed by atoms with van der Waals surface area (Å²) in [5.41, 5.74) is 0.744. The van der Waals surface area contributed by atoms with Gasteiger partial charge in [-0.05, 0) is 38.4 Å². The lowest BCUT2D eigenvalue weighted by molar-refractivity contribution is 0.0925. The van der Waals surface area contributed by atoms with E-state index in [0.29, 0.717) is 12.1 Å². The third kappa shape index (κ3) is 2.83. The minimum Gasteiger partial charge on any atom is -0.349 e. The van der Waals surface area contributed by atoms with Crippen molar-refractivity contribution in [3.8, 4) is 0 Å². The third-order valence-electron chi connectivity index (χ3n) is 2.99. The van der Waals surface area contributed by atoms with Crippen LogP contribution < -0.4 is 10.6 Å². The molecule has 1 aromatic rings. The van der Waals surface area contributed by atoms with E-state index in [-0.39, 0.29) is 5.91 Å². The molecule has 0 aromatic heterocycles. The van der Waals surface area contributed by atoms with Gasteiger partial charge in [-0.15, -0.1) is 0 Å². The highest BCUT2D eigenvalue weighted by Crippen LogP contribution is 2.09. The van der Waals surface area contributed by atoms with Gasteiger partial charge in [0.1, 0.15) is 0 Å². The number of hydrogen-bond acceptors (Lipinski definition) is 2. The Labute approximate surface area is 96.2 Å². The first-order valence-electron chi connectivity index (χ1n) is 5.85. The average molecular weight is 218 g/mol. The Morgan fingerprint density at radius 1 is 1.38 bits per heavy atom. The van der Waals surface area contributed by atoms with E-state index >= 15 is 0 Å². The highest BCUT2D eigenvalue weighted by atomic mass is 16.1. The van der Waals surface area contributed by atoms with Crippen molar-refractivity contribution in [2.24, 2.45) is 0 Å². The zero-order chi connectivity index (χ0) is 11.4. The topological polar surface area (TPSA) is 41.1 Å². The van der Waals surface area contributed by atoms with Gasteiger partial charge in [-0.25, -0.2) is 0 Å². The average Bonchev–Trinajstić information content (AvgIpc) is 2.30. The summed E-state index contributed by atoms with van der Waals surface area (Å²) in [6, 6.07) is 10.2. The van der Waals surface area contributed by atoms with Crippen molar-refractivity contribution in [2.75, 3.05) is 6.54 Å². The molecule has 16 heavy (non-hydrogen) atoms. The number of amides is 1. The highest BCUT2D eigenvalue weighted by Gasteiger charge is 2.20. The van der Waals surface area contributed by atoms with Crippen LogP contribution in [0.2, 0.25) is 0 Å². The van der Waals surface area contributed by atoms with Crippen LogP contribution in [-0.4, -0.2) is 24.5 Å². The molecule has 3 nitrogen and oxygen atoms in total. The van der Waals surface area contributed by atoms with E-state index in [9.17, 15) is 4.79 Å². The molecule has 2 atom stereocenters. The van der Waals surface area contributed by atoms with Crippen LogP contribution >= 0.6 is 0 Å². The Morgan fingerprint density at radius 3 is 2.81 bits per heavy atom. The molecule has 0 bridgehead atoms. The van der Waals surface area contributed by atoms with Gasteiger partial charge in [-0.2, -0.15) is 0 Å². The molecule has 1 fully saturated rings. The normalized spacial score (nSPS) is 25.1. The van der Waals surface area contributed by atoms with Gasteiger partial charge in [0, 0.05) is 17.6 Å². The molecule has 2 rings (SSSR count). The van der Waals surface area contributed by atoms with Gasteiger partial charge >= 0.3 is 0 Å². The van der Waals surface area contributed by atoms with E-state index < -0.39 is 0 Å². The summed E-state index contributed by atoms with van der Waals surface area (Å²) in [6.07, 6.45) is 2.03. The van der Waals surface area contributed by atoms with Crippen LogP contribution in [0.4, 0.5) is 0 Å². The van der Waals surface area contributed by atoms with E-state index in [1.165, 1.54) is 0 Å². The minimum atomic E-state index is 0.0414. The molecular formula is C13H18N2O. The summed E-state index contributed by atoms with van der Waals surface area (Å²) in [4.78, 5) is 11.9. The lowest BCUT2D eigenvalue weighted by atomic mass is 10.0. The van der Waals surface area contributed by atoms with Crippen molar-refractivity contribution >= 4 is 5.91 Å². The lowest BCUT2D eigenvalue weighted by Crippen LogP contribution is -2.46. The first-order valence-corrected chi connectivity index (χ1v) is 5.85. The van der Waals surface area contributed by atoms with E-state index in [4.69, 9.17) is 0 Å². The fourth-order valence-electron chi connectivity index (χ4n) is 2.12. The quantitative estimate of drug-likeness (QED) is 0.791. The van der Waals surface area contributed by atoms with Gasteiger partial charge in [0.2, 0.25) is 0 Å². The van der Waals surface area contributed by atoms with Gasteiger partial charge in [0.05, 0.1) is 0 Å². The Hall–Kier alpha value is -1.35. The van der Waals surface area contributed by atoms with Crippen LogP contribution in [-0.2, 0) is 0 Å². The number of carbonyl (C=O) groups excluding carboxylic acids is 1. The Morgan fingerprint density at radius 2 is 2.12 bits per heavy atom. The molecule has 0 aliphatic carbocycles. The Bertz CT molecular complexity index is 350. The standard InChI is InChI=1S/C13H18N2O/c1-10-9-12(7-8-14-10)15-13(16)11-5-3-2-4-6-11/h2-6,10,12,14H,7-9H2,1H3,(H,15,16). The van der Waals surface area contributed by atoms with Gasteiger partial charge in [-0.3, -0.25) is 4.79 Å². The number of benzene rings is 1. The molecule has 1 heterocycles. The molecule has 1 aliphatic heterocycles. The molecule has 1 amide bonds. The van der Waals surface area contributed by atoms with Crippen LogP contribution in [0.5, 0.6) is 0 Å². The van der Waals surface area contributed by atoms with Crippen LogP contribution in [0.3, 0.4) is 0 Å². The number of rotatable bonds is 2. The van der Waals surface area contributed by atoms with Crippen LogP contribution in [0.25, 0.3) is 0 Å². The predicted molar refractivity (Wildman–Crippen MR) is 64.4 cm³/mol. The summed E-state index contributed by atoms with van der Waals surface area (Å²) >= 11 is 0. The van der Waals surface area contributed by atoms with Crippen molar-refractivity contribution in [3.63, 3.8) is 0 Å². The summed E-state index contributed by atoms with van der Waals surface area (Å²) in [6.45, 7) is 3.14. The van der Waals surface area contributed by atoms with Crippen molar-refractivity contribution in [1.29, 1.82) is 0 Å². The first kappa shape index (κ1) is 11.1. The smallest absolute Gasteiger partial charge is 0.251 e. The van der Waals surface area contributed by atoms with Crippen LogP contribution in [0.15, 0.2) is 30.3 Å². The maximum atomic E-state index is 11.9. The second-order valence-electron chi connectivity index (χ2n) is 4.42. The second-order valence-corrected chi connectivity index (χ2v) is 4.42. The predicted octanol–water partition coefficient (Wildman–Crippen LogP) is 1.56. The van der Waals surface area contributed by atoms with Crippen LogP contribution in [0.1, 0.15) is 30.1 Å². The molecule has 1 aromatic carbocycles. The van der Waals surface area contributed by atoms with Crippen molar-refractivity contribution in [1.82, 2.24) is 10.6 Å². The molecular weight excluding hydrogens is 200 g/mol. The first-order chi connectivity index (χ1) is 7.75. The molecule has 86 valence electrons. The summed E-state index contributed by atoms with van der Waals surface area (Å²) in [7, 11) is 0. The summed E-state index contributed by atoms with van der Waals surface area (Å²) < 4.78 is 0. The van der Waals surface area contributed by atoms with Crippen molar-refractivity contribution in [2.45, 2.75) is 31.8 Å². The monoisotopic (exact) mass is 218 g/mol. The fraction of sp³-hybridized carbons (Fsp3) is 0.462. The molecule has 1 aliphatic rings.